The van der Waals surface area contributed by atoms with E-state index in [0.717, 1.165) is 22.5 Å². The van der Waals surface area contributed by atoms with Crippen LogP contribution in [0.3, 0.4) is 0 Å². The number of nitrogens with zero attached hydrogens (tertiary/aromatic N) is 3. The summed E-state index contributed by atoms with van der Waals surface area (Å²) in [5, 5.41) is 17.0. The highest BCUT2D eigenvalue weighted by Crippen LogP contribution is 2.27. The Morgan fingerprint density at radius 2 is 1.72 bits per heavy atom. The molecule has 0 fully saturated rings. The largest absolute Gasteiger partial charge is 0.335 e. The fourth-order valence-corrected chi connectivity index (χ4v) is 3.66. The molecule has 0 saturated carbocycles. The van der Waals surface area contributed by atoms with Gasteiger partial charge in [-0.15, -0.1) is 0 Å². The number of aryl methyl sites for hydroxylation is 3. The molecule has 0 spiro atoms. The van der Waals surface area contributed by atoms with Gasteiger partial charge in [0.25, 0.3) is 11.8 Å². The average Bonchev–Trinajstić information content (AvgIpc) is 3.37. The third kappa shape index (κ3) is 4.29. The predicted molar refractivity (Wildman–Crippen MR) is 122 cm³/mol. The fraction of sp³-hybridized carbons (Fsp3) is 0.167. The van der Waals surface area contributed by atoms with E-state index in [1.54, 1.807) is 25.2 Å². The zero-order chi connectivity index (χ0) is 22.7. The Morgan fingerprint density at radius 3 is 2.31 bits per heavy atom. The van der Waals surface area contributed by atoms with Crippen LogP contribution in [-0.2, 0) is 11.8 Å². The van der Waals surface area contributed by atoms with Crippen LogP contribution in [0.2, 0.25) is 0 Å². The fourth-order valence-electron chi connectivity index (χ4n) is 3.66. The molecule has 2 aromatic carbocycles. The highest BCUT2D eigenvalue weighted by Gasteiger charge is 2.24. The van der Waals surface area contributed by atoms with E-state index < -0.39 is 6.04 Å². The molecule has 8 nitrogen and oxygen atoms in total. The molecule has 0 aliphatic carbocycles. The second kappa shape index (κ2) is 8.89. The van der Waals surface area contributed by atoms with Gasteiger partial charge in [0.1, 0.15) is 11.7 Å². The lowest BCUT2D eigenvalue weighted by Crippen LogP contribution is -2.37. The maximum Gasteiger partial charge on any atom is 0.270 e. The number of aromatic amines is 1. The molecule has 0 unspecified atom stereocenters. The first-order valence-corrected chi connectivity index (χ1v) is 10.2. The van der Waals surface area contributed by atoms with Crippen molar-refractivity contribution in [1.82, 2.24) is 25.3 Å². The van der Waals surface area contributed by atoms with E-state index >= 15 is 0 Å². The van der Waals surface area contributed by atoms with Gasteiger partial charge >= 0.3 is 0 Å². The second-order valence-electron chi connectivity index (χ2n) is 7.53. The Balaban J connectivity index is 1.55. The van der Waals surface area contributed by atoms with Crippen LogP contribution in [0.15, 0.2) is 66.9 Å². The zero-order valence-corrected chi connectivity index (χ0v) is 18.1. The van der Waals surface area contributed by atoms with Gasteiger partial charge in [0, 0.05) is 30.2 Å². The van der Waals surface area contributed by atoms with Crippen LogP contribution >= 0.6 is 0 Å². The van der Waals surface area contributed by atoms with Crippen molar-refractivity contribution in [2.24, 2.45) is 7.05 Å². The third-order valence-electron chi connectivity index (χ3n) is 5.29. The first-order valence-electron chi connectivity index (χ1n) is 10.2. The van der Waals surface area contributed by atoms with Gasteiger partial charge < -0.3 is 10.6 Å². The van der Waals surface area contributed by atoms with Crippen molar-refractivity contribution in [1.29, 1.82) is 0 Å². The number of amides is 2. The topological polar surface area (TPSA) is 105 Å². The number of nitrogens with one attached hydrogen (secondary N) is 3. The lowest BCUT2D eigenvalue weighted by molar-refractivity contribution is -0.118. The predicted octanol–water partition coefficient (Wildman–Crippen LogP) is 3.54. The Labute approximate surface area is 185 Å². The summed E-state index contributed by atoms with van der Waals surface area (Å²) in [5.41, 5.74) is 5.65. The minimum Gasteiger partial charge on any atom is -0.335 e. The number of benzene rings is 2. The number of aromatic nitrogens is 4. The number of carbonyl (C=O) groups excluding carboxylic acids is 2. The number of anilines is 1. The molecule has 162 valence electrons. The van der Waals surface area contributed by atoms with Crippen molar-refractivity contribution in [3.63, 3.8) is 0 Å². The van der Waals surface area contributed by atoms with Gasteiger partial charge in [-0.2, -0.15) is 10.2 Å². The average molecular weight is 428 g/mol. The van der Waals surface area contributed by atoms with Crippen LogP contribution in [0.25, 0.3) is 11.1 Å². The molecule has 1 atom stereocenters. The molecule has 4 rings (SSSR count). The van der Waals surface area contributed by atoms with Gasteiger partial charge in [-0.1, -0.05) is 42.5 Å². The van der Waals surface area contributed by atoms with Crippen molar-refractivity contribution < 1.29 is 9.59 Å². The third-order valence-corrected chi connectivity index (χ3v) is 5.29. The van der Waals surface area contributed by atoms with Crippen molar-refractivity contribution in [2.75, 3.05) is 5.32 Å². The lowest BCUT2D eigenvalue weighted by Gasteiger charge is -2.19. The molecule has 4 aromatic rings. The van der Waals surface area contributed by atoms with Gasteiger partial charge in [0.15, 0.2) is 0 Å². The van der Waals surface area contributed by atoms with E-state index in [9.17, 15) is 9.59 Å². The molecule has 3 N–H and O–H groups in total. The molecule has 0 aliphatic heterocycles. The molecule has 0 radical (unpaired) electrons. The number of hydrogen-bond donors (Lipinski definition) is 3. The van der Waals surface area contributed by atoms with Gasteiger partial charge in [-0.3, -0.25) is 19.4 Å². The van der Waals surface area contributed by atoms with E-state index in [0.29, 0.717) is 16.9 Å². The molecule has 0 bridgehead atoms. The Morgan fingerprint density at radius 1 is 1.00 bits per heavy atom. The van der Waals surface area contributed by atoms with Gasteiger partial charge in [0.2, 0.25) is 0 Å². The molecule has 0 saturated heterocycles. The van der Waals surface area contributed by atoms with E-state index in [2.05, 4.69) is 25.9 Å². The summed E-state index contributed by atoms with van der Waals surface area (Å²) >= 11 is 0. The maximum absolute atomic E-state index is 13.2. The van der Waals surface area contributed by atoms with E-state index in [-0.39, 0.29) is 11.8 Å². The smallest absolute Gasteiger partial charge is 0.270 e. The minimum absolute atomic E-state index is 0.338. The second-order valence-corrected chi connectivity index (χ2v) is 7.53. The summed E-state index contributed by atoms with van der Waals surface area (Å²) in [6.45, 7) is 3.92. The van der Waals surface area contributed by atoms with Crippen LogP contribution in [-0.4, -0.2) is 31.8 Å². The Kier molecular flexibility index (Phi) is 5.85. The standard InChI is InChI=1S/C24H24N6O2/c1-15-21(16(2)29-28-15)17-9-11-19(12-10-17)26-24(32)22(18-7-5-4-6-8-18)27-23(31)20-13-14-25-30(20)3/h4-14,22H,1-3H3,(H,26,32)(H,27,31)(H,28,29)/t22-/m0/s1. The van der Waals surface area contributed by atoms with Crippen LogP contribution in [0.5, 0.6) is 0 Å². The lowest BCUT2D eigenvalue weighted by atomic mass is 10.0. The highest BCUT2D eigenvalue weighted by atomic mass is 16.2. The molecule has 32 heavy (non-hydrogen) atoms. The summed E-state index contributed by atoms with van der Waals surface area (Å²) in [7, 11) is 1.68. The minimum atomic E-state index is -0.864. The quantitative estimate of drug-likeness (QED) is 0.437. The molecule has 2 amide bonds. The summed E-state index contributed by atoms with van der Waals surface area (Å²) in [4.78, 5) is 25.9. The Bertz CT molecular complexity index is 1220. The van der Waals surface area contributed by atoms with Crippen molar-refractivity contribution in [3.05, 3.63) is 89.5 Å². The van der Waals surface area contributed by atoms with Gasteiger partial charge in [-0.05, 0) is 43.2 Å². The molecule has 2 aromatic heterocycles. The van der Waals surface area contributed by atoms with Crippen LogP contribution in [0, 0.1) is 13.8 Å². The van der Waals surface area contributed by atoms with Crippen molar-refractivity contribution in [3.8, 4) is 11.1 Å². The zero-order valence-electron chi connectivity index (χ0n) is 18.1. The highest BCUT2D eigenvalue weighted by molar-refractivity contribution is 6.01. The maximum atomic E-state index is 13.2. The van der Waals surface area contributed by atoms with Crippen molar-refractivity contribution in [2.45, 2.75) is 19.9 Å². The first kappa shape index (κ1) is 21.0. The Hall–Kier alpha value is -4.20. The molecule has 2 heterocycles. The van der Waals surface area contributed by atoms with Gasteiger partial charge in [-0.25, -0.2) is 0 Å². The number of rotatable bonds is 6. The molecular formula is C24H24N6O2. The summed E-state index contributed by atoms with van der Waals surface area (Å²) in [6, 6.07) is 17.4. The molecule has 8 heteroatoms. The van der Waals surface area contributed by atoms with E-state index in [4.69, 9.17) is 0 Å². The summed E-state index contributed by atoms with van der Waals surface area (Å²) in [5.74, 6) is -0.717. The monoisotopic (exact) mass is 428 g/mol. The van der Waals surface area contributed by atoms with Gasteiger partial charge in [0.05, 0.1) is 5.69 Å². The number of hydrogen-bond acceptors (Lipinski definition) is 4. The van der Waals surface area contributed by atoms with Crippen LogP contribution in [0.1, 0.15) is 33.5 Å². The summed E-state index contributed by atoms with van der Waals surface area (Å²) < 4.78 is 1.47. The van der Waals surface area contributed by atoms with E-state index in [1.165, 1.54) is 10.9 Å². The molecule has 0 aliphatic rings. The number of carbonyl (C=O) groups is 2. The van der Waals surface area contributed by atoms with Crippen molar-refractivity contribution >= 4 is 17.5 Å². The summed E-state index contributed by atoms with van der Waals surface area (Å²) in [6.07, 6.45) is 1.54. The number of H-pyrrole nitrogens is 1. The van der Waals surface area contributed by atoms with Crippen LogP contribution < -0.4 is 10.6 Å². The van der Waals surface area contributed by atoms with Crippen LogP contribution in [0.4, 0.5) is 5.69 Å². The molecular weight excluding hydrogens is 404 g/mol. The normalized spacial score (nSPS) is 11.7. The first-order chi connectivity index (χ1) is 15.4. The SMILES string of the molecule is Cc1n[nH]c(C)c1-c1ccc(NC(=O)[C@@H](NC(=O)c2ccnn2C)c2ccccc2)cc1. The van der Waals surface area contributed by atoms with E-state index in [1.807, 2.05) is 56.3 Å².